The number of hydrogen-bond acceptors (Lipinski definition) is 3. The maximum absolute atomic E-state index is 12.3. The lowest BCUT2D eigenvalue weighted by Gasteiger charge is -2.39. The number of nitrogens with one attached hydrogen (secondary N) is 1. The topological polar surface area (TPSA) is 62.1 Å². The Balaban J connectivity index is 2.24. The number of nitrogens with zero attached hydrogens (tertiary/aromatic N) is 1. The molecule has 1 aromatic carbocycles. The minimum absolute atomic E-state index is 0.266. The van der Waals surface area contributed by atoms with E-state index in [0.29, 0.717) is 35.2 Å². The second-order valence-corrected chi connectivity index (χ2v) is 5.87. The highest BCUT2D eigenvalue weighted by Crippen LogP contribution is 2.46. The van der Waals surface area contributed by atoms with E-state index in [4.69, 9.17) is 16.3 Å². The molecule has 1 aromatic rings. The van der Waals surface area contributed by atoms with Crippen molar-refractivity contribution in [1.29, 1.82) is 5.26 Å². The summed E-state index contributed by atoms with van der Waals surface area (Å²) in [5, 5.41) is 12.6. The molecule has 20 heavy (non-hydrogen) atoms. The monoisotopic (exact) mass is 292 g/mol. The lowest BCUT2D eigenvalue weighted by Crippen LogP contribution is -2.45. The number of aryl methyl sites for hydroxylation is 1. The molecule has 4 nitrogen and oxygen atoms in total. The smallest absolute Gasteiger partial charge is 0.244 e. The van der Waals surface area contributed by atoms with Crippen molar-refractivity contribution in [2.75, 3.05) is 12.4 Å². The first-order valence-corrected chi connectivity index (χ1v) is 6.86. The van der Waals surface area contributed by atoms with Crippen molar-refractivity contribution in [2.45, 2.75) is 26.7 Å². The van der Waals surface area contributed by atoms with Crippen molar-refractivity contribution in [3.05, 3.63) is 22.7 Å². The van der Waals surface area contributed by atoms with Crippen LogP contribution in [0.2, 0.25) is 5.02 Å². The first kappa shape index (κ1) is 14.7. The van der Waals surface area contributed by atoms with Crippen LogP contribution in [0.3, 0.4) is 0 Å². The first-order valence-electron chi connectivity index (χ1n) is 6.48. The number of benzene rings is 1. The van der Waals surface area contributed by atoms with E-state index in [-0.39, 0.29) is 5.91 Å². The van der Waals surface area contributed by atoms with Gasteiger partial charge in [-0.3, -0.25) is 4.79 Å². The molecule has 106 valence electrons. The predicted octanol–water partition coefficient (Wildman–Crippen LogP) is 3.54. The van der Waals surface area contributed by atoms with Gasteiger partial charge in [-0.15, -0.1) is 0 Å². The number of halogens is 1. The molecule has 1 amide bonds. The molecule has 1 aliphatic carbocycles. The van der Waals surface area contributed by atoms with Gasteiger partial charge in [0.25, 0.3) is 0 Å². The van der Waals surface area contributed by atoms with E-state index in [0.717, 1.165) is 5.56 Å². The van der Waals surface area contributed by atoms with Gasteiger partial charge in [0.15, 0.2) is 0 Å². The lowest BCUT2D eigenvalue weighted by atomic mass is 9.63. The summed E-state index contributed by atoms with van der Waals surface area (Å²) in [5.74, 6) is 0.641. The summed E-state index contributed by atoms with van der Waals surface area (Å²) >= 11 is 6.03. The lowest BCUT2D eigenvalue weighted by molar-refractivity contribution is -0.128. The van der Waals surface area contributed by atoms with Gasteiger partial charge in [0.2, 0.25) is 5.91 Å². The van der Waals surface area contributed by atoms with Gasteiger partial charge in [0.05, 0.1) is 18.9 Å². The van der Waals surface area contributed by atoms with Crippen molar-refractivity contribution in [2.24, 2.45) is 11.3 Å². The molecule has 5 heteroatoms. The highest BCUT2D eigenvalue weighted by atomic mass is 35.5. The number of rotatable bonds is 3. The average Bonchev–Trinajstić information content (AvgIpc) is 2.38. The number of anilines is 1. The summed E-state index contributed by atoms with van der Waals surface area (Å²) in [6.45, 7) is 3.89. The molecule has 0 atom stereocenters. The molecule has 0 bridgehead atoms. The Kier molecular flexibility index (Phi) is 3.92. The minimum Gasteiger partial charge on any atom is -0.495 e. The minimum atomic E-state index is -0.905. The summed E-state index contributed by atoms with van der Waals surface area (Å²) in [6, 6.07) is 5.57. The van der Waals surface area contributed by atoms with Crippen LogP contribution in [0.1, 0.15) is 25.3 Å². The Labute approximate surface area is 123 Å². The largest absolute Gasteiger partial charge is 0.495 e. The van der Waals surface area contributed by atoms with Gasteiger partial charge in [0, 0.05) is 11.1 Å². The van der Waals surface area contributed by atoms with E-state index < -0.39 is 5.41 Å². The standard InChI is InChI=1S/C15H17ClN2O2/c1-9-6-15(7-9,8-17)14(19)18-12-4-10(2)11(16)5-13(12)20-3/h4-5,9H,6-7H2,1-3H3,(H,18,19). The van der Waals surface area contributed by atoms with Gasteiger partial charge in [-0.05, 0) is 37.3 Å². The van der Waals surface area contributed by atoms with E-state index in [1.807, 2.05) is 13.8 Å². The van der Waals surface area contributed by atoms with E-state index in [1.54, 1.807) is 12.1 Å². The predicted molar refractivity (Wildman–Crippen MR) is 77.8 cm³/mol. The molecule has 0 radical (unpaired) electrons. The van der Waals surface area contributed by atoms with Crippen LogP contribution in [0, 0.1) is 29.6 Å². The summed E-state index contributed by atoms with van der Waals surface area (Å²) in [6.07, 6.45) is 1.20. The fourth-order valence-corrected chi connectivity index (χ4v) is 2.78. The molecule has 1 saturated carbocycles. The number of amides is 1. The second-order valence-electron chi connectivity index (χ2n) is 5.46. The summed E-state index contributed by atoms with van der Waals surface area (Å²) in [5.41, 5.74) is 0.488. The summed E-state index contributed by atoms with van der Waals surface area (Å²) in [7, 11) is 1.52. The Bertz CT molecular complexity index is 586. The maximum atomic E-state index is 12.3. The molecule has 0 aliphatic heterocycles. The number of methoxy groups -OCH3 is 1. The van der Waals surface area contributed by atoms with Gasteiger partial charge in [-0.1, -0.05) is 18.5 Å². The Hall–Kier alpha value is -1.73. The van der Waals surface area contributed by atoms with E-state index in [9.17, 15) is 10.1 Å². The average molecular weight is 293 g/mol. The first-order chi connectivity index (χ1) is 9.41. The quantitative estimate of drug-likeness (QED) is 0.927. The van der Waals surface area contributed by atoms with Crippen molar-refractivity contribution < 1.29 is 9.53 Å². The molecule has 0 saturated heterocycles. The molecule has 1 N–H and O–H groups in total. The van der Waals surface area contributed by atoms with Gasteiger partial charge in [-0.25, -0.2) is 0 Å². The zero-order valence-electron chi connectivity index (χ0n) is 11.8. The molecular formula is C15H17ClN2O2. The maximum Gasteiger partial charge on any atom is 0.244 e. The molecule has 0 heterocycles. The normalized spacial score (nSPS) is 24.4. The van der Waals surface area contributed by atoms with Crippen LogP contribution in [0.25, 0.3) is 0 Å². The van der Waals surface area contributed by atoms with Crippen molar-refractivity contribution in [3.63, 3.8) is 0 Å². The van der Waals surface area contributed by atoms with Crippen molar-refractivity contribution in [3.8, 4) is 11.8 Å². The molecule has 0 unspecified atom stereocenters. The van der Waals surface area contributed by atoms with Gasteiger partial charge in [0.1, 0.15) is 11.2 Å². The van der Waals surface area contributed by atoms with E-state index >= 15 is 0 Å². The Morgan fingerprint density at radius 1 is 1.55 bits per heavy atom. The van der Waals surface area contributed by atoms with Gasteiger partial charge >= 0.3 is 0 Å². The molecule has 0 spiro atoms. The van der Waals surface area contributed by atoms with E-state index in [2.05, 4.69) is 11.4 Å². The SMILES string of the molecule is COc1cc(Cl)c(C)cc1NC(=O)C1(C#N)CC(C)C1. The van der Waals surface area contributed by atoms with Crippen LogP contribution in [0.4, 0.5) is 5.69 Å². The van der Waals surface area contributed by atoms with E-state index in [1.165, 1.54) is 7.11 Å². The highest BCUT2D eigenvalue weighted by Gasteiger charge is 2.49. The Morgan fingerprint density at radius 3 is 2.70 bits per heavy atom. The summed E-state index contributed by atoms with van der Waals surface area (Å²) in [4.78, 5) is 12.3. The van der Waals surface area contributed by atoms with Crippen molar-refractivity contribution >= 4 is 23.2 Å². The molecule has 1 aliphatic rings. The fraction of sp³-hybridized carbons (Fsp3) is 0.467. The van der Waals surface area contributed by atoms with Crippen molar-refractivity contribution in [1.82, 2.24) is 0 Å². The zero-order chi connectivity index (χ0) is 14.9. The number of carbonyl (C=O) groups is 1. The molecule has 1 fully saturated rings. The Morgan fingerprint density at radius 2 is 2.20 bits per heavy atom. The zero-order valence-corrected chi connectivity index (χ0v) is 12.5. The molecule has 0 aromatic heterocycles. The molecule has 2 rings (SSSR count). The molecular weight excluding hydrogens is 276 g/mol. The number of nitriles is 1. The van der Waals surface area contributed by atoms with Crippen LogP contribution < -0.4 is 10.1 Å². The van der Waals surface area contributed by atoms with Crippen LogP contribution in [-0.4, -0.2) is 13.0 Å². The van der Waals surface area contributed by atoms with Crippen LogP contribution in [0.5, 0.6) is 5.75 Å². The number of ether oxygens (including phenoxy) is 1. The van der Waals surface area contributed by atoms with Crippen LogP contribution in [-0.2, 0) is 4.79 Å². The third-order valence-corrected chi connectivity index (χ3v) is 4.18. The summed E-state index contributed by atoms with van der Waals surface area (Å²) < 4.78 is 5.22. The number of hydrogen-bond donors (Lipinski definition) is 1. The van der Waals surface area contributed by atoms with Gasteiger partial charge in [-0.2, -0.15) is 5.26 Å². The fourth-order valence-electron chi connectivity index (χ4n) is 2.63. The third-order valence-electron chi connectivity index (χ3n) is 3.77. The highest BCUT2D eigenvalue weighted by molar-refractivity contribution is 6.31. The van der Waals surface area contributed by atoms with Crippen LogP contribution >= 0.6 is 11.6 Å². The van der Waals surface area contributed by atoms with Crippen LogP contribution in [0.15, 0.2) is 12.1 Å². The third kappa shape index (κ3) is 2.46. The van der Waals surface area contributed by atoms with Gasteiger partial charge < -0.3 is 10.1 Å². The second kappa shape index (κ2) is 5.34. The number of carbonyl (C=O) groups excluding carboxylic acids is 1.